The quantitative estimate of drug-likeness (QED) is 0.180. The van der Waals surface area contributed by atoms with Gasteiger partial charge in [0.05, 0.1) is 40.7 Å². The molecule has 1 atom stereocenters. The van der Waals surface area contributed by atoms with Crippen LogP contribution in [0.4, 0.5) is 8.78 Å². The summed E-state index contributed by atoms with van der Waals surface area (Å²) in [5.74, 6) is -1.71. The number of carboxylic acid groups (broad SMARTS) is 1. The lowest BCUT2D eigenvalue weighted by Crippen LogP contribution is -2.31. The van der Waals surface area contributed by atoms with Crippen molar-refractivity contribution in [2.75, 3.05) is 6.61 Å². The molecule has 0 spiro atoms. The number of furan rings is 1. The summed E-state index contributed by atoms with van der Waals surface area (Å²) in [6, 6.07) is 17.8. The summed E-state index contributed by atoms with van der Waals surface area (Å²) in [6.07, 6.45) is 2.34. The number of ether oxygens (including phenoxy) is 2. The fraction of sp³-hybridized carbons (Fsp3) is 0.182. The number of hydrogen-bond donors (Lipinski definition) is 1. The molecule has 1 aliphatic rings. The predicted octanol–water partition coefficient (Wildman–Crippen LogP) is 7.43. The lowest BCUT2D eigenvalue weighted by molar-refractivity contribution is -0.0589. The molecule has 222 valence electrons. The highest BCUT2D eigenvalue weighted by atomic mass is 35.5. The number of benzene rings is 3. The minimum absolute atomic E-state index is 0.0359. The van der Waals surface area contributed by atoms with Crippen LogP contribution in [0.2, 0.25) is 5.02 Å². The second-order valence-electron chi connectivity index (χ2n) is 10.6. The number of carbonyl (C=O) groups is 1. The number of hydrogen-bond acceptors (Lipinski definition) is 6. The molecule has 3 aromatic carbocycles. The average Bonchev–Trinajstić information content (AvgIpc) is 3.62. The number of nitrogens with zero attached hydrogens (tertiary/aromatic N) is 3. The number of aromatic nitrogens is 3. The standard InChI is InChI=1S/C33H24ClF2N3O5/c34-24-7-6-20(32-23(24)9-11-43-32)17-44-30-3-1-2-27(37-30)19-5-4-18(25(35)12-19)15-29-38-31-26(36)13-21(33(40)41)14-28(31)39(29)16-22-8-10-42-22/h1-7,9,11-14,22H,8,10,15-17H2,(H,40,41)/t22-/m0/s1. The van der Waals surface area contributed by atoms with Gasteiger partial charge in [0.15, 0.2) is 5.82 Å². The molecule has 44 heavy (non-hydrogen) atoms. The Morgan fingerprint density at radius 2 is 1.89 bits per heavy atom. The lowest BCUT2D eigenvalue weighted by Gasteiger charge is -2.27. The van der Waals surface area contributed by atoms with Gasteiger partial charge in [0.2, 0.25) is 5.88 Å². The molecule has 7 rings (SSSR count). The highest BCUT2D eigenvalue weighted by Crippen LogP contribution is 2.30. The van der Waals surface area contributed by atoms with E-state index in [4.69, 9.17) is 25.5 Å². The SMILES string of the molecule is O=C(O)c1cc(F)c2nc(Cc3ccc(-c4cccc(OCc5ccc(Cl)c6ccoc56)n4)cc3F)n(C[C@@H]3CCO3)c2c1. The highest BCUT2D eigenvalue weighted by Gasteiger charge is 2.24. The molecule has 1 aliphatic heterocycles. The van der Waals surface area contributed by atoms with Crippen molar-refractivity contribution in [1.82, 2.24) is 14.5 Å². The number of rotatable bonds is 9. The van der Waals surface area contributed by atoms with Gasteiger partial charge >= 0.3 is 5.97 Å². The number of aromatic carboxylic acids is 1. The maximum absolute atomic E-state index is 15.5. The van der Waals surface area contributed by atoms with Crippen LogP contribution in [0.25, 0.3) is 33.3 Å². The van der Waals surface area contributed by atoms with Gasteiger partial charge in [-0.3, -0.25) is 0 Å². The largest absolute Gasteiger partial charge is 0.478 e. The van der Waals surface area contributed by atoms with Gasteiger partial charge in [-0.1, -0.05) is 35.9 Å². The number of fused-ring (bicyclic) bond motifs is 2. The van der Waals surface area contributed by atoms with E-state index in [0.29, 0.717) is 57.8 Å². The van der Waals surface area contributed by atoms with Crippen LogP contribution >= 0.6 is 11.6 Å². The molecule has 4 heterocycles. The summed E-state index contributed by atoms with van der Waals surface area (Å²) in [4.78, 5) is 20.6. The van der Waals surface area contributed by atoms with Crippen LogP contribution in [0, 0.1) is 11.6 Å². The molecule has 1 N–H and O–H groups in total. The minimum atomic E-state index is -1.25. The molecule has 1 fully saturated rings. The number of carboxylic acids is 1. The van der Waals surface area contributed by atoms with Gasteiger partial charge in [-0.15, -0.1) is 0 Å². The monoisotopic (exact) mass is 615 g/mol. The summed E-state index contributed by atoms with van der Waals surface area (Å²) < 4.78 is 49.2. The zero-order valence-corrected chi connectivity index (χ0v) is 23.9. The van der Waals surface area contributed by atoms with Crippen molar-refractivity contribution in [1.29, 1.82) is 0 Å². The van der Waals surface area contributed by atoms with Crippen LogP contribution in [0.3, 0.4) is 0 Å². The highest BCUT2D eigenvalue weighted by molar-refractivity contribution is 6.35. The summed E-state index contributed by atoms with van der Waals surface area (Å²) in [7, 11) is 0. The molecule has 0 radical (unpaired) electrons. The van der Waals surface area contributed by atoms with Crippen LogP contribution in [0.5, 0.6) is 5.88 Å². The molecule has 0 saturated carbocycles. The maximum Gasteiger partial charge on any atom is 0.335 e. The molecule has 0 amide bonds. The van der Waals surface area contributed by atoms with Gasteiger partial charge in [0.1, 0.15) is 29.3 Å². The summed E-state index contributed by atoms with van der Waals surface area (Å²) in [5, 5.41) is 10.8. The Labute approximate surface area is 254 Å². The Kier molecular flexibility index (Phi) is 7.23. The lowest BCUT2D eigenvalue weighted by atomic mass is 10.1. The first-order valence-electron chi connectivity index (χ1n) is 13.9. The summed E-state index contributed by atoms with van der Waals surface area (Å²) >= 11 is 6.23. The molecule has 0 bridgehead atoms. The van der Waals surface area contributed by atoms with Crippen molar-refractivity contribution in [3.05, 3.63) is 112 Å². The molecular formula is C33H24ClF2N3O5. The zero-order valence-electron chi connectivity index (χ0n) is 23.1. The first-order valence-corrected chi connectivity index (χ1v) is 14.3. The van der Waals surface area contributed by atoms with Crippen LogP contribution in [0.15, 0.2) is 77.4 Å². The second kappa shape index (κ2) is 11.4. The van der Waals surface area contributed by atoms with Crippen molar-refractivity contribution < 1.29 is 32.6 Å². The van der Waals surface area contributed by atoms with E-state index < -0.39 is 17.6 Å². The third kappa shape index (κ3) is 5.27. The Bertz CT molecular complexity index is 2050. The molecule has 0 aliphatic carbocycles. The number of pyridine rings is 1. The van der Waals surface area contributed by atoms with Crippen molar-refractivity contribution in [2.45, 2.75) is 32.1 Å². The smallest absolute Gasteiger partial charge is 0.335 e. The van der Waals surface area contributed by atoms with E-state index in [0.717, 1.165) is 23.4 Å². The van der Waals surface area contributed by atoms with E-state index >= 15 is 4.39 Å². The Morgan fingerprint density at radius 3 is 2.66 bits per heavy atom. The van der Waals surface area contributed by atoms with Gasteiger partial charge < -0.3 is 23.6 Å². The molecule has 1 saturated heterocycles. The Balaban J connectivity index is 1.14. The molecule has 11 heteroatoms. The van der Waals surface area contributed by atoms with Gasteiger partial charge in [0.25, 0.3) is 0 Å². The van der Waals surface area contributed by atoms with Crippen LogP contribution < -0.4 is 4.74 Å². The molecule has 6 aromatic rings. The molecular weight excluding hydrogens is 592 g/mol. The van der Waals surface area contributed by atoms with Crippen LogP contribution in [0.1, 0.15) is 33.7 Å². The van der Waals surface area contributed by atoms with E-state index in [-0.39, 0.29) is 30.2 Å². The van der Waals surface area contributed by atoms with E-state index in [1.807, 2.05) is 6.07 Å². The van der Waals surface area contributed by atoms with Crippen molar-refractivity contribution >= 4 is 39.6 Å². The maximum atomic E-state index is 15.5. The predicted molar refractivity (Wildman–Crippen MR) is 159 cm³/mol. The zero-order chi connectivity index (χ0) is 30.4. The summed E-state index contributed by atoms with van der Waals surface area (Å²) in [6.45, 7) is 1.17. The van der Waals surface area contributed by atoms with Gasteiger partial charge in [-0.2, -0.15) is 0 Å². The molecule has 8 nitrogen and oxygen atoms in total. The van der Waals surface area contributed by atoms with E-state index in [2.05, 4.69) is 9.97 Å². The fourth-order valence-electron chi connectivity index (χ4n) is 5.35. The fourth-order valence-corrected chi connectivity index (χ4v) is 5.56. The van der Waals surface area contributed by atoms with Crippen LogP contribution in [-0.4, -0.2) is 38.3 Å². The van der Waals surface area contributed by atoms with Gasteiger partial charge in [0, 0.05) is 35.6 Å². The normalized spacial score (nSPS) is 14.7. The number of halogens is 3. The van der Waals surface area contributed by atoms with E-state index in [1.54, 1.807) is 53.3 Å². The first kappa shape index (κ1) is 28.0. The van der Waals surface area contributed by atoms with Crippen LogP contribution in [-0.2, 0) is 24.3 Å². The third-order valence-electron chi connectivity index (χ3n) is 7.75. The second-order valence-corrected chi connectivity index (χ2v) is 11.0. The van der Waals surface area contributed by atoms with Gasteiger partial charge in [-0.05, 0) is 48.4 Å². The van der Waals surface area contributed by atoms with E-state index in [1.165, 1.54) is 12.1 Å². The summed E-state index contributed by atoms with van der Waals surface area (Å²) in [5.41, 5.74) is 3.04. The van der Waals surface area contributed by atoms with Crippen molar-refractivity contribution in [3.8, 4) is 17.1 Å². The Morgan fingerprint density at radius 1 is 1.05 bits per heavy atom. The van der Waals surface area contributed by atoms with Gasteiger partial charge in [-0.25, -0.2) is 23.5 Å². The molecule has 0 unspecified atom stereocenters. The number of imidazole rings is 1. The first-order chi connectivity index (χ1) is 21.3. The topological polar surface area (TPSA) is 99.6 Å². The van der Waals surface area contributed by atoms with Crippen molar-refractivity contribution in [3.63, 3.8) is 0 Å². The van der Waals surface area contributed by atoms with E-state index in [9.17, 15) is 14.3 Å². The minimum Gasteiger partial charge on any atom is -0.478 e. The Hall–Kier alpha value is -4.80. The molecule has 3 aromatic heterocycles. The van der Waals surface area contributed by atoms with Crippen molar-refractivity contribution in [2.24, 2.45) is 0 Å². The average molecular weight is 616 g/mol. The third-order valence-corrected chi connectivity index (χ3v) is 8.08.